The minimum absolute atomic E-state index is 0.0592. The van der Waals surface area contributed by atoms with Gasteiger partial charge in [-0.05, 0) is 13.8 Å². The van der Waals surface area contributed by atoms with Crippen molar-refractivity contribution >= 4 is 56.2 Å². The summed E-state index contributed by atoms with van der Waals surface area (Å²) in [5.74, 6) is -3.44. The van der Waals surface area contributed by atoms with Crippen molar-refractivity contribution in [3.63, 3.8) is 0 Å². The third kappa shape index (κ3) is 5.45. The maximum Gasteiger partial charge on any atom is 0.362 e. The number of nitrogens with two attached hydrogens (primary N) is 1. The lowest BCUT2D eigenvalue weighted by Gasteiger charge is -2.45. The summed E-state index contributed by atoms with van der Waals surface area (Å²) >= 11 is 0.953. The van der Waals surface area contributed by atoms with Crippen LogP contribution in [0.1, 0.15) is 19.5 Å². The van der Waals surface area contributed by atoms with Gasteiger partial charge in [-0.25, -0.2) is 14.1 Å². The number of aromatic nitrogens is 1. The average molecular weight is 544 g/mol. The number of hydrogen-bond donors (Lipinski definition) is 5. The molecule has 19 heteroatoms. The third-order valence-corrected chi connectivity index (χ3v) is 6.69. The number of nitrogens with zero attached hydrogens (tertiary/aromatic N) is 6. The second-order valence-electron chi connectivity index (χ2n) is 7.94. The largest absolute Gasteiger partial charge is 0.478 e. The number of hydrogen-bond acceptors (Lipinski definition) is 14. The molecule has 3 rings (SSSR count). The fourth-order valence-corrected chi connectivity index (χ4v) is 4.62. The van der Waals surface area contributed by atoms with E-state index in [0.29, 0.717) is 0 Å². The summed E-state index contributed by atoms with van der Waals surface area (Å²) in [6, 6.07) is -2.73. The fraction of sp³-hybridized carbons (Fsp3) is 0.471. The van der Waals surface area contributed by atoms with Crippen LogP contribution < -0.4 is 16.4 Å². The van der Waals surface area contributed by atoms with E-state index >= 15 is 0 Å². The van der Waals surface area contributed by atoms with Crippen molar-refractivity contribution in [2.24, 2.45) is 10.1 Å². The van der Waals surface area contributed by atoms with Gasteiger partial charge in [-0.3, -0.25) is 24.5 Å². The second kappa shape index (κ2) is 9.92. The molecule has 2 amide bonds. The van der Waals surface area contributed by atoms with E-state index in [9.17, 15) is 32.5 Å². The Morgan fingerprint density at radius 1 is 1.47 bits per heavy atom. The Morgan fingerprint density at radius 3 is 2.72 bits per heavy atom. The Balaban J connectivity index is 1.87. The smallest absolute Gasteiger partial charge is 0.362 e. The zero-order chi connectivity index (χ0) is 26.8. The molecule has 17 nitrogen and oxygen atoms in total. The lowest BCUT2D eigenvalue weighted by Crippen LogP contribution is -2.74. The molecule has 2 atom stereocenters. The number of nitriles is 1. The molecule has 0 spiro atoms. The normalized spacial score (nSPS) is 20.3. The van der Waals surface area contributed by atoms with Crippen molar-refractivity contribution in [3.8, 4) is 6.19 Å². The Kier molecular flexibility index (Phi) is 7.33. The van der Waals surface area contributed by atoms with Crippen LogP contribution in [0.2, 0.25) is 0 Å². The number of carbonyl (C=O) groups is 3. The number of aliphatic imine (C=N–C) groups is 1. The standard InChI is InChI=1S/C17H21N9O8S2/c1-17(2,14(29)30)34-24-10(8-6-35-15(19)22-8)12(27)23-11-9(26(13(11)28)36(31,32)33)5-25-4-3-20-16(25)21-7-18/h6,9,11H,3-5H2,1-2H3,(H2,19,22)(H,20,21)(H,23,27)(H,29,30)(H,31,32,33)/t9-,11+/m1/s1. The van der Waals surface area contributed by atoms with Crippen LogP contribution in [-0.2, 0) is 29.5 Å². The van der Waals surface area contributed by atoms with Crippen LogP contribution in [0.5, 0.6) is 0 Å². The molecule has 1 aromatic heterocycles. The van der Waals surface area contributed by atoms with Crippen molar-refractivity contribution < 1.29 is 37.3 Å². The van der Waals surface area contributed by atoms with Gasteiger partial charge in [0.25, 0.3) is 11.8 Å². The van der Waals surface area contributed by atoms with E-state index in [-0.39, 0.29) is 40.7 Å². The predicted octanol–water partition coefficient (Wildman–Crippen LogP) is -2.45. The van der Waals surface area contributed by atoms with Gasteiger partial charge in [-0.1, -0.05) is 5.16 Å². The highest BCUT2D eigenvalue weighted by molar-refractivity contribution is 7.84. The molecular weight excluding hydrogens is 522 g/mol. The lowest BCUT2D eigenvalue weighted by atomic mass is 9.97. The number of carboxylic acids is 1. The minimum atomic E-state index is -4.98. The molecule has 3 heterocycles. The molecular formula is C17H21N9O8S2. The van der Waals surface area contributed by atoms with Crippen LogP contribution >= 0.6 is 11.3 Å². The monoisotopic (exact) mass is 543 g/mol. The summed E-state index contributed by atoms with van der Waals surface area (Å²) in [4.78, 5) is 51.4. The quantitative estimate of drug-likeness (QED) is 0.0542. The first-order valence-corrected chi connectivity index (χ1v) is 12.3. The fourth-order valence-electron chi connectivity index (χ4n) is 3.20. The molecule has 1 saturated heterocycles. The highest BCUT2D eigenvalue weighted by Crippen LogP contribution is 2.26. The second-order valence-corrected chi connectivity index (χ2v) is 10.1. The molecule has 2 aliphatic rings. The molecule has 1 fully saturated rings. The Bertz CT molecular complexity index is 1280. The van der Waals surface area contributed by atoms with E-state index < -0.39 is 51.5 Å². The first-order chi connectivity index (χ1) is 16.8. The van der Waals surface area contributed by atoms with Gasteiger partial charge in [0, 0.05) is 18.5 Å². The van der Waals surface area contributed by atoms with Gasteiger partial charge in [0.15, 0.2) is 17.0 Å². The molecule has 0 bridgehead atoms. The molecule has 2 aliphatic heterocycles. The maximum absolute atomic E-state index is 13.1. The van der Waals surface area contributed by atoms with Gasteiger partial charge in [0.1, 0.15) is 11.7 Å². The zero-order valence-electron chi connectivity index (χ0n) is 18.8. The van der Waals surface area contributed by atoms with Crippen LogP contribution in [0.4, 0.5) is 5.13 Å². The van der Waals surface area contributed by atoms with Gasteiger partial charge in [-0.2, -0.15) is 13.7 Å². The number of nitrogen functional groups attached to an aromatic ring is 1. The number of oxime groups is 1. The Labute approximate surface area is 208 Å². The van der Waals surface area contributed by atoms with Crippen LogP contribution in [0.25, 0.3) is 0 Å². The number of carboxylic acid groups (broad SMARTS) is 1. The van der Waals surface area contributed by atoms with E-state index in [2.05, 4.69) is 25.8 Å². The van der Waals surface area contributed by atoms with Crippen LogP contribution in [-0.4, -0.2) is 99.0 Å². The average Bonchev–Trinajstić information content (AvgIpc) is 3.39. The highest BCUT2D eigenvalue weighted by Gasteiger charge is 2.55. The summed E-state index contributed by atoms with van der Waals surface area (Å²) in [6.45, 7) is 2.71. The van der Waals surface area contributed by atoms with Crippen LogP contribution in [0, 0.1) is 11.5 Å². The first kappa shape index (κ1) is 26.6. The summed E-state index contributed by atoms with van der Waals surface area (Å²) in [5.41, 5.74) is 3.17. The first-order valence-electron chi connectivity index (χ1n) is 10.0. The Hall–Kier alpha value is -4.02. The number of nitrogens with one attached hydrogen (secondary N) is 2. The lowest BCUT2D eigenvalue weighted by molar-refractivity contribution is -0.161. The summed E-state index contributed by atoms with van der Waals surface area (Å²) in [5, 5.41) is 27.7. The van der Waals surface area contributed by atoms with Crippen LogP contribution in [0.3, 0.4) is 0 Å². The molecule has 0 aromatic carbocycles. The summed E-state index contributed by atoms with van der Waals surface area (Å²) in [6.07, 6.45) is 1.68. The SMILES string of the molecule is CC(C)(ON=C(C(=O)N[C@@H]1C(=O)N(S(=O)(=O)O)[C@@H]1CN1CCN=C1NC#N)c1csc(N)n1)C(=O)O. The van der Waals surface area contributed by atoms with E-state index in [4.69, 9.17) is 15.8 Å². The number of thiazole rings is 1. The molecule has 0 radical (unpaired) electrons. The molecule has 6 N–H and O–H groups in total. The van der Waals surface area contributed by atoms with E-state index in [0.717, 1.165) is 11.3 Å². The van der Waals surface area contributed by atoms with Gasteiger partial charge >= 0.3 is 16.3 Å². The molecule has 0 unspecified atom stereocenters. The van der Waals surface area contributed by atoms with Crippen molar-refractivity contribution in [1.82, 2.24) is 24.8 Å². The molecule has 0 saturated carbocycles. The minimum Gasteiger partial charge on any atom is -0.478 e. The number of amides is 2. The highest BCUT2D eigenvalue weighted by atomic mass is 32.2. The molecule has 1 aromatic rings. The zero-order valence-corrected chi connectivity index (χ0v) is 20.4. The van der Waals surface area contributed by atoms with Gasteiger partial charge in [0.2, 0.25) is 11.6 Å². The van der Waals surface area contributed by atoms with Gasteiger partial charge in [-0.15, -0.1) is 11.3 Å². The number of rotatable bonds is 9. The molecule has 0 aliphatic carbocycles. The van der Waals surface area contributed by atoms with Crippen molar-refractivity contribution in [2.75, 3.05) is 25.4 Å². The number of carbonyl (C=O) groups excluding carboxylic acids is 2. The van der Waals surface area contributed by atoms with Gasteiger partial charge < -0.3 is 25.9 Å². The molecule has 194 valence electrons. The van der Waals surface area contributed by atoms with Crippen LogP contribution in [0.15, 0.2) is 15.5 Å². The van der Waals surface area contributed by atoms with Crippen molar-refractivity contribution in [3.05, 3.63) is 11.1 Å². The number of anilines is 1. The maximum atomic E-state index is 13.1. The predicted molar refractivity (Wildman–Crippen MR) is 123 cm³/mol. The van der Waals surface area contributed by atoms with Crippen molar-refractivity contribution in [2.45, 2.75) is 31.5 Å². The number of guanidine groups is 1. The molecule has 36 heavy (non-hydrogen) atoms. The van der Waals surface area contributed by atoms with E-state index in [1.807, 2.05) is 0 Å². The van der Waals surface area contributed by atoms with E-state index in [1.54, 1.807) is 6.19 Å². The summed E-state index contributed by atoms with van der Waals surface area (Å²) in [7, 11) is -4.98. The Morgan fingerprint density at radius 2 is 2.17 bits per heavy atom. The number of aliphatic carboxylic acids is 1. The van der Waals surface area contributed by atoms with Gasteiger partial charge in [0.05, 0.1) is 12.6 Å². The van der Waals surface area contributed by atoms with Crippen molar-refractivity contribution in [1.29, 1.82) is 5.26 Å². The number of β-lactam (4-membered cyclic amide) rings is 1. The van der Waals surface area contributed by atoms with E-state index in [1.165, 1.54) is 24.1 Å². The topological polar surface area (TPSA) is 253 Å². The summed E-state index contributed by atoms with van der Waals surface area (Å²) < 4.78 is 33.3. The third-order valence-electron chi connectivity index (χ3n) is 5.07.